The number of amides is 2. The first-order valence-electron chi connectivity index (χ1n) is 11.5. The van der Waals surface area contributed by atoms with Crippen LogP contribution in [0.5, 0.6) is 23.1 Å². The van der Waals surface area contributed by atoms with Gasteiger partial charge in [0.05, 0.1) is 24.6 Å². The monoisotopic (exact) mass is 543 g/mol. The van der Waals surface area contributed by atoms with E-state index in [4.69, 9.17) is 23.5 Å². The number of nitrogens with zero attached hydrogens (tertiary/aromatic N) is 3. The van der Waals surface area contributed by atoms with E-state index in [1.54, 1.807) is 56.7 Å². The summed E-state index contributed by atoms with van der Waals surface area (Å²) in [6.45, 7) is 6.80. The average Bonchev–Trinajstić information content (AvgIpc) is 3.33. The molecule has 0 aliphatic heterocycles. The Morgan fingerprint density at radius 1 is 1.00 bits per heavy atom. The number of hydrogen-bond acceptors (Lipinski definition) is 9. The summed E-state index contributed by atoms with van der Waals surface area (Å²) in [6.07, 6.45) is 1.41. The van der Waals surface area contributed by atoms with Crippen molar-refractivity contribution < 1.29 is 28.3 Å². The lowest BCUT2D eigenvalue weighted by Gasteiger charge is -2.13. The molecule has 11 nitrogen and oxygen atoms in total. The Morgan fingerprint density at radius 2 is 1.82 bits per heavy atom. The van der Waals surface area contributed by atoms with Crippen molar-refractivity contribution in [1.29, 1.82) is 0 Å². The summed E-state index contributed by atoms with van der Waals surface area (Å²) < 4.78 is 27.6. The number of urea groups is 1. The molecule has 4 rings (SSSR count). The molecule has 38 heavy (non-hydrogen) atoms. The molecule has 2 amide bonds. The third kappa shape index (κ3) is 7.02. The lowest BCUT2D eigenvalue weighted by Crippen LogP contribution is -2.19. The SMILES string of the molecule is COCCOc1cc2ncnc(Oc3cccc(NC(=O)Nc4cc(C(C)(C)C)on4)c3)c2cc1OC.Cl. The van der Waals surface area contributed by atoms with E-state index in [9.17, 15) is 4.79 Å². The standard InChI is InChI=1S/C26H29N5O6.ClH/c1-26(2,3)22-14-23(31-37-22)30-25(32)29-16-7-6-8-17(11-16)36-24-18-12-20(34-5)21(35-10-9-33-4)13-19(18)27-15-28-24;/h6-8,11-15H,9-10H2,1-5H3,(H2,29,30,31,32);1H. The number of halogens is 1. The molecule has 0 aliphatic carbocycles. The van der Waals surface area contributed by atoms with Gasteiger partial charge in [0.2, 0.25) is 5.88 Å². The summed E-state index contributed by atoms with van der Waals surface area (Å²) in [6, 6.07) is 11.7. The molecular formula is C26H30ClN5O6. The zero-order valence-corrected chi connectivity index (χ0v) is 22.5. The summed E-state index contributed by atoms with van der Waals surface area (Å²) in [5.41, 5.74) is 0.913. The highest BCUT2D eigenvalue weighted by molar-refractivity contribution is 5.99. The van der Waals surface area contributed by atoms with Crippen molar-refractivity contribution >= 4 is 40.8 Å². The molecule has 2 N–H and O–H groups in total. The van der Waals surface area contributed by atoms with Crippen molar-refractivity contribution in [1.82, 2.24) is 15.1 Å². The molecule has 4 aromatic rings. The van der Waals surface area contributed by atoms with Crippen LogP contribution < -0.4 is 24.8 Å². The number of benzene rings is 2. The molecule has 2 aromatic heterocycles. The lowest BCUT2D eigenvalue weighted by molar-refractivity contribution is 0.144. The highest BCUT2D eigenvalue weighted by Crippen LogP contribution is 2.36. The van der Waals surface area contributed by atoms with Crippen molar-refractivity contribution in [3.8, 4) is 23.1 Å². The number of aromatic nitrogens is 3. The van der Waals surface area contributed by atoms with Gasteiger partial charge in [-0.25, -0.2) is 14.8 Å². The average molecular weight is 544 g/mol. The van der Waals surface area contributed by atoms with E-state index in [1.165, 1.54) is 6.33 Å². The fraction of sp³-hybridized carbons (Fsp3) is 0.308. The molecule has 0 saturated carbocycles. The number of methoxy groups -OCH3 is 2. The predicted molar refractivity (Wildman–Crippen MR) is 145 cm³/mol. The van der Waals surface area contributed by atoms with E-state index in [1.807, 2.05) is 20.8 Å². The van der Waals surface area contributed by atoms with Crippen LogP contribution in [0.3, 0.4) is 0 Å². The molecule has 0 saturated heterocycles. The van der Waals surface area contributed by atoms with Crippen molar-refractivity contribution in [2.75, 3.05) is 38.1 Å². The van der Waals surface area contributed by atoms with Crippen molar-refractivity contribution in [3.05, 3.63) is 54.6 Å². The van der Waals surface area contributed by atoms with Gasteiger partial charge >= 0.3 is 6.03 Å². The molecule has 2 heterocycles. The summed E-state index contributed by atoms with van der Waals surface area (Å²) in [5, 5.41) is 9.95. The second-order valence-corrected chi connectivity index (χ2v) is 9.08. The minimum Gasteiger partial charge on any atom is -0.493 e. The fourth-order valence-corrected chi connectivity index (χ4v) is 3.34. The van der Waals surface area contributed by atoms with Gasteiger partial charge < -0.3 is 28.8 Å². The van der Waals surface area contributed by atoms with Crippen LogP contribution in [-0.4, -0.2) is 48.6 Å². The van der Waals surface area contributed by atoms with Crippen molar-refractivity contribution in [2.45, 2.75) is 26.2 Å². The number of rotatable bonds is 9. The van der Waals surface area contributed by atoms with Crippen LogP contribution in [0.25, 0.3) is 10.9 Å². The summed E-state index contributed by atoms with van der Waals surface area (Å²) >= 11 is 0. The summed E-state index contributed by atoms with van der Waals surface area (Å²) in [4.78, 5) is 21.1. The first-order valence-corrected chi connectivity index (χ1v) is 11.5. The number of carbonyl (C=O) groups excluding carboxylic acids is 1. The molecule has 0 bridgehead atoms. The van der Waals surface area contributed by atoms with Gasteiger partial charge in [-0.3, -0.25) is 5.32 Å². The quantitative estimate of drug-likeness (QED) is 0.251. The highest BCUT2D eigenvalue weighted by Gasteiger charge is 2.20. The first kappa shape index (κ1) is 28.5. The van der Waals surface area contributed by atoms with Crippen LogP contribution in [-0.2, 0) is 10.2 Å². The van der Waals surface area contributed by atoms with Gasteiger partial charge in [-0.05, 0) is 18.2 Å². The van der Waals surface area contributed by atoms with E-state index in [2.05, 4.69) is 25.8 Å². The Morgan fingerprint density at radius 3 is 2.53 bits per heavy atom. The first-order chi connectivity index (χ1) is 17.8. The zero-order chi connectivity index (χ0) is 26.4. The maximum absolute atomic E-state index is 12.5. The Labute approximate surface area is 226 Å². The van der Waals surface area contributed by atoms with Gasteiger partial charge in [-0.15, -0.1) is 12.4 Å². The van der Waals surface area contributed by atoms with Crippen molar-refractivity contribution in [3.63, 3.8) is 0 Å². The number of ether oxygens (including phenoxy) is 4. The number of nitrogens with one attached hydrogen (secondary N) is 2. The van der Waals surface area contributed by atoms with Gasteiger partial charge in [0.15, 0.2) is 17.3 Å². The highest BCUT2D eigenvalue weighted by atomic mass is 35.5. The molecule has 202 valence electrons. The number of carbonyl (C=O) groups is 1. The lowest BCUT2D eigenvalue weighted by atomic mass is 9.93. The molecule has 2 aromatic carbocycles. The largest absolute Gasteiger partial charge is 0.493 e. The van der Waals surface area contributed by atoms with E-state index in [0.717, 1.165) is 0 Å². The van der Waals surface area contributed by atoms with E-state index < -0.39 is 6.03 Å². The molecule has 12 heteroatoms. The van der Waals surface area contributed by atoms with E-state index in [-0.39, 0.29) is 17.8 Å². The van der Waals surface area contributed by atoms with Crippen LogP contribution in [0.2, 0.25) is 0 Å². The summed E-state index contributed by atoms with van der Waals surface area (Å²) in [7, 11) is 3.16. The predicted octanol–water partition coefficient (Wildman–Crippen LogP) is 5.81. The molecule has 0 unspecified atom stereocenters. The van der Waals surface area contributed by atoms with Gasteiger partial charge in [0.25, 0.3) is 0 Å². The second-order valence-electron chi connectivity index (χ2n) is 9.08. The second kappa shape index (κ2) is 12.4. The van der Waals surface area contributed by atoms with E-state index in [0.29, 0.717) is 64.5 Å². The normalized spacial score (nSPS) is 11.0. The topological polar surface area (TPSA) is 130 Å². The Hall–Kier alpha value is -4.09. The van der Waals surface area contributed by atoms with Gasteiger partial charge in [-0.1, -0.05) is 32.0 Å². The Kier molecular flexibility index (Phi) is 9.32. The number of anilines is 2. The van der Waals surface area contributed by atoms with Crippen LogP contribution in [0.15, 0.2) is 53.3 Å². The van der Waals surface area contributed by atoms with Gasteiger partial charge in [0, 0.05) is 36.4 Å². The third-order valence-corrected chi connectivity index (χ3v) is 5.23. The maximum atomic E-state index is 12.5. The summed E-state index contributed by atoms with van der Waals surface area (Å²) in [5.74, 6) is 2.83. The number of fused-ring (bicyclic) bond motifs is 1. The Balaban J connectivity index is 0.00000400. The smallest absolute Gasteiger partial charge is 0.324 e. The van der Waals surface area contributed by atoms with Crippen LogP contribution >= 0.6 is 12.4 Å². The minimum atomic E-state index is -0.468. The van der Waals surface area contributed by atoms with E-state index >= 15 is 0 Å². The minimum absolute atomic E-state index is 0. The number of hydrogen-bond donors (Lipinski definition) is 2. The molecule has 0 atom stereocenters. The molecule has 0 aliphatic rings. The molecule has 0 spiro atoms. The molecular weight excluding hydrogens is 514 g/mol. The maximum Gasteiger partial charge on any atom is 0.324 e. The van der Waals surface area contributed by atoms with Crippen LogP contribution in [0.4, 0.5) is 16.3 Å². The fourth-order valence-electron chi connectivity index (χ4n) is 3.34. The van der Waals surface area contributed by atoms with Crippen molar-refractivity contribution in [2.24, 2.45) is 0 Å². The van der Waals surface area contributed by atoms with Crippen LogP contribution in [0, 0.1) is 0 Å². The molecule has 0 fully saturated rings. The Bertz CT molecular complexity index is 1390. The zero-order valence-electron chi connectivity index (χ0n) is 21.7. The van der Waals surface area contributed by atoms with Gasteiger partial charge in [-0.2, -0.15) is 0 Å². The molecule has 0 radical (unpaired) electrons. The van der Waals surface area contributed by atoms with Gasteiger partial charge in [0.1, 0.15) is 24.4 Å². The third-order valence-electron chi connectivity index (χ3n) is 5.23. The van der Waals surface area contributed by atoms with Crippen LogP contribution in [0.1, 0.15) is 26.5 Å².